The fraction of sp³-hybridized carbons (Fsp3) is 0. The smallest absolute Gasteiger partial charge is 0.206 e. The molecular formula is C3H3ClN2O2S. The van der Waals surface area contributed by atoms with E-state index in [4.69, 9.17) is 16.2 Å². The highest BCUT2D eigenvalue weighted by molar-refractivity contribution is 7.79. The Morgan fingerprint density at radius 1 is 1.89 bits per heavy atom. The molecule has 0 aliphatic heterocycles. The highest BCUT2D eigenvalue weighted by atomic mass is 35.5. The average molecular weight is 167 g/mol. The lowest BCUT2D eigenvalue weighted by Crippen LogP contribution is -1.87. The van der Waals surface area contributed by atoms with E-state index in [1.165, 1.54) is 6.33 Å². The Labute approximate surface area is 58.5 Å². The van der Waals surface area contributed by atoms with Crippen LogP contribution in [0.2, 0.25) is 5.15 Å². The van der Waals surface area contributed by atoms with Crippen molar-refractivity contribution >= 4 is 22.7 Å². The zero-order valence-corrected chi connectivity index (χ0v) is 5.74. The van der Waals surface area contributed by atoms with Gasteiger partial charge in [0.15, 0.2) is 10.2 Å². The number of imidazole rings is 1. The number of nitrogens with zero attached hydrogens (tertiary/aromatic N) is 1. The number of hydrogen-bond acceptors (Lipinski definition) is 2. The first kappa shape index (κ1) is 6.73. The predicted molar refractivity (Wildman–Crippen MR) is 32.6 cm³/mol. The first-order chi connectivity index (χ1) is 4.22. The number of rotatable bonds is 1. The molecule has 0 fully saturated rings. The summed E-state index contributed by atoms with van der Waals surface area (Å²) in [6.45, 7) is 0. The number of nitrogens with one attached hydrogen (secondary N) is 1. The molecule has 50 valence electrons. The van der Waals surface area contributed by atoms with Crippen LogP contribution in [0.1, 0.15) is 0 Å². The van der Waals surface area contributed by atoms with Crippen molar-refractivity contribution in [2.24, 2.45) is 0 Å². The summed E-state index contributed by atoms with van der Waals surface area (Å²) in [5.41, 5.74) is 0. The summed E-state index contributed by atoms with van der Waals surface area (Å²) in [6.07, 6.45) is 1.26. The molecule has 0 aliphatic carbocycles. The van der Waals surface area contributed by atoms with Crippen LogP contribution in [0.5, 0.6) is 0 Å². The average Bonchev–Trinajstić information content (AvgIpc) is 2.13. The van der Waals surface area contributed by atoms with Crippen molar-refractivity contribution < 1.29 is 8.76 Å². The second kappa shape index (κ2) is 2.47. The molecule has 4 nitrogen and oxygen atoms in total. The molecule has 1 unspecified atom stereocenters. The molecule has 0 bridgehead atoms. The van der Waals surface area contributed by atoms with Gasteiger partial charge in [-0.2, -0.15) is 0 Å². The molecule has 6 heteroatoms. The van der Waals surface area contributed by atoms with Gasteiger partial charge in [-0.15, -0.1) is 0 Å². The summed E-state index contributed by atoms with van der Waals surface area (Å²) >= 11 is 3.28. The highest BCUT2D eigenvalue weighted by Crippen LogP contribution is 2.11. The normalized spacial score (nSPS) is 13.6. The second-order valence-corrected chi connectivity index (χ2v) is 2.54. The quantitative estimate of drug-likeness (QED) is 0.602. The molecule has 1 atom stereocenters. The van der Waals surface area contributed by atoms with Crippen molar-refractivity contribution in [2.45, 2.75) is 5.03 Å². The van der Waals surface area contributed by atoms with Crippen LogP contribution in [0.4, 0.5) is 0 Å². The molecule has 0 spiro atoms. The molecule has 1 aromatic heterocycles. The van der Waals surface area contributed by atoms with E-state index in [0.717, 1.165) is 0 Å². The first-order valence-corrected chi connectivity index (χ1v) is 3.50. The number of hydrogen-bond donors (Lipinski definition) is 2. The SMILES string of the molecule is O=S(O)c1[nH]cnc1Cl. The third-order valence-corrected chi connectivity index (χ3v) is 1.79. The van der Waals surface area contributed by atoms with E-state index in [2.05, 4.69) is 9.97 Å². The van der Waals surface area contributed by atoms with Crippen LogP contribution in [0, 0.1) is 0 Å². The monoisotopic (exact) mass is 166 g/mol. The molecule has 9 heavy (non-hydrogen) atoms. The van der Waals surface area contributed by atoms with Gasteiger partial charge in [0, 0.05) is 0 Å². The van der Waals surface area contributed by atoms with Gasteiger partial charge in [0.2, 0.25) is 11.1 Å². The van der Waals surface area contributed by atoms with E-state index in [1.54, 1.807) is 0 Å². The molecule has 0 saturated carbocycles. The number of aromatic amines is 1. The number of H-pyrrole nitrogens is 1. The minimum absolute atomic E-state index is 0.0378. The number of aromatic nitrogens is 2. The molecule has 1 aromatic rings. The summed E-state index contributed by atoms with van der Waals surface area (Å²) in [7, 11) is 0. The van der Waals surface area contributed by atoms with Crippen LogP contribution in [0.15, 0.2) is 11.4 Å². The van der Waals surface area contributed by atoms with Gasteiger partial charge < -0.3 is 9.54 Å². The summed E-state index contributed by atoms with van der Waals surface area (Å²) in [5.74, 6) is 0. The second-order valence-electron chi connectivity index (χ2n) is 1.27. The molecule has 2 N–H and O–H groups in total. The lowest BCUT2D eigenvalue weighted by atomic mass is 10.9. The third kappa shape index (κ3) is 1.29. The predicted octanol–water partition coefficient (Wildman–Crippen LogP) is 0.644. The fourth-order valence-corrected chi connectivity index (χ4v) is 1.04. The van der Waals surface area contributed by atoms with Gasteiger partial charge in [-0.3, -0.25) is 0 Å². The lowest BCUT2D eigenvalue weighted by molar-refractivity contribution is 0.561. The Hall–Kier alpha value is -0.390. The Balaban J connectivity index is 3.08. The molecule has 0 saturated heterocycles. The van der Waals surface area contributed by atoms with Gasteiger partial charge in [0.05, 0.1) is 6.33 Å². The van der Waals surface area contributed by atoms with E-state index in [-0.39, 0.29) is 10.2 Å². The minimum atomic E-state index is -2.06. The molecular weight excluding hydrogens is 164 g/mol. The first-order valence-electron chi connectivity index (χ1n) is 2.01. The van der Waals surface area contributed by atoms with Gasteiger partial charge >= 0.3 is 0 Å². The van der Waals surface area contributed by atoms with Crippen LogP contribution in [0.3, 0.4) is 0 Å². The maximum Gasteiger partial charge on any atom is 0.206 e. The summed E-state index contributed by atoms with van der Waals surface area (Å²) in [5, 5.41) is 0.0764. The van der Waals surface area contributed by atoms with Crippen molar-refractivity contribution in [1.29, 1.82) is 0 Å². The highest BCUT2D eigenvalue weighted by Gasteiger charge is 2.06. The Morgan fingerprint density at radius 3 is 2.78 bits per heavy atom. The lowest BCUT2D eigenvalue weighted by Gasteiger charge is -1.84. The van der Waals surface area contributed by atoms with Crippen molar-refractivity contribution in [3.63, 3.8) is 0 Å². The maximum absolute atomic E-state index is 10.2. The van der Waals surface area contributed by atoms with Crippen LogP contribution < -0.4 is 0 Å². The Bertz CT molecular complexity index is 235. The van der Waals surface area contributed by atoms with Crippen LogP contribution in [-0.2, 0) is 11.1 Å². The van der Waals surface area contributed by atoms with Gasteiger partial charge in [-0.05, 0) is 0 Å². The largest absolute Gasteiger partial charge is 0.334 e. The van der Waals surface area contributed by atoms with E-state index in [1.807, 2.05) is 0 Å². The van der Waals surface area contributed by atoms with Gasteiger partial charge in [0.1, 0.15) is 0 Å². The van der Waals surface area contributed by atoms with Gasteiger partial charge in [-0.1, -0.05) is 11.6 Å². The summed E-state index contributed by atoms with van der Waals surface area (Å²) in [4.78, 5) is 5.91. The molecule has 0 aliphatic rings. The zero-order valence-electron chi connectivity index (χ0n) is 4.17. The minimum Gasteiger partial charge on any atom is -0.334 e. The number of halogens is 1. The van der Waals surface area contributed by atoms with Crippen LogP contribution in [-0.4, -0.2) is 18.7 Å². The summed E-state index contributed by atoms with van der Waals surface area (Å²) < 4.78 is 18.6. The van der Waals surface area contributed by atoms with E-state index >= 15 is 0 Å². The van der Waals surface area contributed by atoms with Crippen LogP contribution in [0.25, 0.3) is 0 Å². The van der Waals surface area contributed by atoms with E-state index in [0.29, 0.717) is 0 Å². The van der Waals surface area contributed by atoms with E-state index in [9.17, 15) is 4.21 Å². The van der Waals surface area contributed by atoms with Crippen molar-refractivity contribution in [3.05, 3.63) is 11.5 Å². The summed E-state index contributed by atoms with van der Waals surface area (Å²) in [6, 6.07) is 0. The van der Waals surface area contributed by atoms with Gasteiger partial charge in [-0.25, -0.2) is 9.19 Å². The topological polar surface area (TPSA) is 66.0 Å². The van der Waals surface area contributed by atoms with Gasteiger partial charge in [0.25, 0.3) is 0 Å². The standard InChI is InChI=1S/C3H3ClN2O2S/c4-2-3(9(7)8)6-1-5-2/h1H,(H,5,6)(H,7,8). The molecule has 0 amide bonds. The fourth-order valence-electron chi connectivity index (χ4n) is 0.388. The molecule has 0 aromatic carbocycles. The molecule has 1 rings (SSSR count). The van der Waals surface area contributed by atoms with Crippen molar-refractivity contribution in [3.8, 4) is 0 Å². The third-order valence-electron chi connectivity index (χ3n) is 0.736. The Kier molecular flexibility index (Phi) is 1.84. The molecule has 1 heterocycles. The Morgan fingerprint density at radius 2 is 2.56 bits per heavy atom. The zero-order chi connectivity index (χ0) is 6.85. The van der Waals surface area contributed by atoms with Crippen LogP contribution >= 0.6 is 11.6 Å². The molecule has 0 radical (unpaired) electrons. The van der Waals surface area contributed by atoms with Crippen molar-refractivity contribution in [2.75, 3.05) is 0 Å². The van der Waals surface area contributed by atoms with Crippen molar-refractivity contribution in [1.82, 2.24) is 9.97 Å². The van der Waals surface area contributed by atoms with E-state index < -0.39 is 11.1 Å². The maximum atomic E-state index is 10.2.